The van der Waals surface area contributed by atoms with E-state index in [9.17, 15) is 8.78 Å². The monoisotopic (exact) mass is 231 g/mol. The first-order valence-electron chi connectivity index (χ1n) is 3.12. The molecule has 0 amide bonds. The fourth-order valence-corrected chi connectivity index (χ4v) is 1.13. The number of nitrogens with zero attached hydrogens (tertiary/aromatic N) is 1. The van der Waals surface area contributed by atoms with Gasteiger partial charge in [0.1, 0.15) is 17.4 Å². The second-order valence-corrected chi connectivity index (χ2v) is 3.08. The van der Waals surface area contributed by atoms with E-state index in [1.54, 1.807) is 6.92 Å². The highest BCUT2D eigenvalue weighted by molar-refractivity contribution is 9.10. The summed E-state index contributed by atoms with van der Waals surface area (Å²) in [5.74, 6) is -1.66. The Hall–Kier alpha value is -0.950. The van der Waals surface area contributed by atoms with Crippen LogP contribution in [0.5, 0.6) is 0 Å². The molecule has 0 N–H and O–H groups in total. The van der Waals surface area contributed by atoms with Gasteiger partial charge in [-0.3, -0.25) is 0 Å². The molecule has 0 saturated heterocycles. The third-order valence-corrected chi connectivity index (χ3v) is 2.43. The molecule has 1 aromatic rings. The van der Waals surface area contributed by atoms with Crippen LogP contribution in [0, 0.1) is 29.9 Å². The Kier molecular flexibility index (Phi) is 2.43. The van der Waals surface area contributed by atoms with Crippen LogP contribution in [0.2, 0.25) is 0 Å². The Morgan fingerprint density at radius 1 is 1.50 bits per heavy atom. The summed E-state index contributed by atoms with van der Waals surface area (Å²) in [6.45, 7) is 1.55. The maximum Gasteiger partial charge on any atom is 0.158 e. The van der Waals surface area contributed by atoms with E-state index in [1.807, 2.05) is 0 Å². The molecule has 0 radical (unpaired) electrons. The minimum Gasteiger partial charge on any atom is -0.205 e. The van der Waals surface area contributed by atoms with Gasteiger partial charge in [-0.1, -0.05) is 0 Å². The van der Waals surface area contributed by atoms with Crippen molar-refractivity contribution in [3.63, 3.8) is 0 Å². The van der Waals surface area contributed by atoms with E-state index >= 15 is 0 Å². The van der Waals surface area contributed by atoms with Crippen LogP contribution in [-0.2, 0) is 0 Å². The van der Waals surface area contributed by atoms with Crippen molar-refractivity contribution in [2.75, 3.05) is 0 Å². The van der Waals surface area contributed by atoms with Gasteiger partial charge in [-0.05, 0) is 34.5 Å². The first-order valence-corrected chi connectivity index (χ1v) is 3.91. The van der Waals surface area contributed by atoms with Gasteiger partial charge in [0.2, 0.25) is 0 Å². The second-order valence-electron chi connectivity index (χ2n) is 2.29. The lowest BCUT2D eigenvalue weighted by Crippen LogP contribution is -1.93. The van der Waals surface area contributed by atoms with Gasteiger partial charge < -0.3 is 0 Å². The van der Waals surface area contributed by atoms with Crippen LogP contribution in [0.4, 0.5) is 8.78 Å². The van der Waals surface area contributed by atoms with Crippen LogP contribution < -0.4 is 0 Å². The Morgan fingerprint density at radius 2 is 2.08 bits per heavy atom. The van der Waals surface area contributed by atoms with E-state index in [0.29, 0.717) is 5.56 Å². The average Bonchev–Trinajstić information content (AvgIpc) is 2.01. The van der Waals surface area contributed by atoms with Crippen LogP contribution in [0.3, 0.4) is 0 Å². The molecule has 0 bridgehead atoms. The Bertz CT molecular complexity index is 368. The van der Waals surface area contributed by atoms with Crippen LogP contribution in [0.1, 0.15) is 11.1 Å². The molecular weight excluding hydrogens is 228 g/mol. The normalized spacial score (nSPS) is 9.58. The minimum atomic E-state index is -0.838. The molecule has 0 atom stereocenters. The standard InChI is InChI=1S/C8H4BrF2N/c1-4-2-6(10)5(3-12)8(11)7(4)9/h2H,1H3. The SMILES string of the molecule is Cc1cc(F)c(C#N)c(F)c1Br. The zero-order chi connectivity index (χ0) is 9.30. The molecule has 0 fully saturated rings. The highest BCUT2D eigenvalue weighted by atomic mass is 79.9. The summed E-state index contributed by atoms with van der Waals surface area (Å²) >= 11 is 2.91. The van der Waals surface area contributed by atoms with Gasteiger partial charge in [0.15, 0.2) is 5.82 Å². The fourth-order valence-electron chi connectivity index (χ4n) is 0.816. The molecule has 62 valence electrons. The van der Waals surface area contributed by atoms with E-state index in [4.69, 9.17) is 5.26 Å². The van der Waals surface area contributed by atoms with Gasteiger partial charge in [-0.25, -0.2) is 8.78 Å². The lowest BCUT2D eigenvalue weighted by molar-refractivity contribution is 0.570. The summed E-state index contributed by atoms with van der Waals surface area (Å²) in [7, 11) is 0. The summed E-state index contributed by atoms with van der Waals surface area (Å²) in [6.07, 6.45) is 0. The maximum absolute atomic E-state index is 13.0. The third-order valence-electron chi connectivity index (χ3n) is 1.45. The van der Waals surface area contributed by atoms with Gasteiger partial charge in [-0.2, -0.15) is 5.26 Å². The molecule has 0 heterocycles. The van der Waals surface area contributed by atoms with Crippen LogP contribution in [-0.4, -0.2) is 0 Å². The summed E-state index contributed by atoms with van der Waals surface area (Å²) in [6, 6.07) is 2.57. The summed E-state index contributed by atoms with van der Waals surface area (Å²) in [5.41, 5.74) is -0.114. The van der Waals surface area contributed by atoms with Crippen molar-refractivity contribution >= 4 is 15.9 Å². The number of halogens is 3. The van der Waals surface area contributed by atoms with Gasteiger partial charge >= 0.3 is 0 Å². The number of hydrogen-bond donors (Lipinski definition) is 0. The lowest BCUT2D eigenvalue weighted by Gasteiger charge is -2.01. The largest absolute Gasteiger partial charge is 0.205 e. The van der Waals surface area contributed by atoms with Gasteiger partial charge in [0.05, 0.1) is 4.47 Å². The summed E-state index contributed by atoms with van der Waals surface area (Å²) in [5, 5.41) is 8.36. The van der Waals surface area contributed by atoms with Crippen molar-refractivity contribution in [3.8, 4) is 6.07 Å². The van der Waals surface area contributed by atoms with Crippen molar-refractivity contribution in [1.82, 2.24) is 0 Å². The van der Waals surface area contributed by atoms with Gasteiger partial charge in [-0.15, -0.1) is 0 Å². The number of benzene rings is 1. The van der Waals surface area contributed by atoms with E-state index in [2.05, 4.69) is 15.9 Å². The van der Waals surface area contributed by atoms with Crippen molar-refractivity contribution in [1.29, 1.82) is 5.26 Å². The number of hydrogen-bond acceptors (Lipinski definition) is 1. The molecule has 0 aliphatic rings. The van der Waals surface area contributed by atoms with Crippen LogP contribution in [0.15, 0.2) is 10.5 Å². The van der Waals surface area contributed by atoms with Crippen LogP contribution in [0.25, 0.3) is 0 Å². The first kappa shape index (κ1) is 9.14. The Morgan fingerprint density at radius 3 is 2.58 bits per heavy atom. The number of aryl methyl sites for hydroxylation is 1. The smallest absolute Gasteiger partial charge is 0.158 e. The van der Waals surface area contributed by atoms with Crippen molar-refractivity contribution in [2.45, 2.75) is 6.92 Å². The third kappa shape index (κ3) is 1.32. The van der Waals surface area contributed by atoms with E-state index in [1.165, 1.54) is 6.07 Å². The number of rotatable bonds is 0. The highest BCUT2D eigenvalue weighted by Gasteiger charge is 2.13. The quantitative estimate of drug-likeness (QED) is 0.631. The highest BCUT2D eigenvalue weighted by Crippen LogP contribution is 2.24. The van der Waals surface area contributed by atoms with Gasteiger partial charge in [0.25, 0.3) is 0 Å². The van der Waals surface area contributed by atoms with E-state index in [0.717, 1.165) is 6.07 Å². The second kappa shape index (κ2) is 3.20. The van der Waals surface area contributed by atoms with Crippen molar-refractivity contribution in [2.24, 2.45) is 0 Å². The van der Waals surface area contributed by atoms with Crippen LogP contribution >= 0.6 is 15.9 Å². The molecule has 0 spiro atoms. The average molecular weight is 232 g/mol. The molecule has 1 rings (SSSR count). The Balaban J connectivity index is 3.54. The predicted molar refractivity (Wildman–Crippen MR) is 43.5 cm³/mol. The molecule has 1 nitrogen and oxygen atoms in total. The fraction of sp³-hybridized carbons (Fsp3) is 0.125. The molecule has 4 heteroatoms. The zero-order valence-electron chi connectivity index (χ0n) is 6.16. The molecule has 0 aliphatic carbocycles. The van der Waals surface area contributed by atoms with Crippen molar-refractivity contribution < 1.29 is 8.78 Å². The molecular formula is C8H4BrF2N. The molecule has 0 saturated carbocycles. The minimum absolute atomic E-state index is 0.139. The molecule has 1 aromatic carbocycles. The molecule has 12 heavy (non-hydrogen) atoms. The first-order chi connectivity index (χ1) is 5.57. The zero-order valence-corrected chi connectivity index (χ0v) is 7.74. The lowest BCUT2D eigenvalue weighted by atomic mass is 10.1. The Labute approximate surface area is 76.8 Å². The molecule has 0 aromatic heterocycles. The summed E-state index contributed by atoms with van der Waals surface area (Å²) < 4.78 is 26.0. The molecule has 0 unspecified atom stereocenters. The maximum atomic E-state index is 13.0. The molecule has 0 aliphatic heterocycles. The van der Waals surface area contributed by atoms with E-state index < -0.39 is 17.2 Å². The van der Waals surface area contributed by atoms with Gasteiger partial charge in [0, 0.05) is 0 Å². The van der Waals surface area contributed by atoms with E-state index in [-0.39, 0.29) is 4.47 Å². The number of nitriles is 1. The topological polar surface area (TPSA) is 23.8 Å². The summed E-state index contributed by atoms with van der Waals surface area (Å²) in [4.78, 5) is 0. The van der Waals surface area contributed by atoms with Crippen molar-refractivity contribution in [3.05, 3.63) is 33.3 Å². The predicted octanol–water partition coefficient (Wildman–Crippen LogP) is 2.91.